The van der Waals surface area contributed by atoms with Crippen molar-refractivity contribution in [3.63, 3.8) is 0 Å². The van der Waals surface area contributed by atoms with Crippen LogP contribution in [0.3, 0.4) is 0 Å². The van der Waals surface area contributed by atoms with Crippen LogP contribution in [0, 0.1) is 12.8 Å². The van der Waals surface area contributed by atoms with Crippen LogP contribution < -0.4 is 15.4 Å². The predicted molar refractivity (Wildman–Crippen MR) is 187 cm³/mol. The first-order valence-electron chi connectivity index (χ1n) is 17.4. The van der Waals surface area contributed by atoms with E-state index in [0.29, 0.717) is 61.5 Å². The van der Waals surface area contributed by atoms with Crippen molar-refractivity contribution in [2.75, 3.05) is 38.3 Å². The van der Waals surface area contributed by atoms with Crippen molar-refractivity contribution in [2.45, 2.75) is 77.2 Å². The van der Waals surface area contributed by atoms with Gasteiger partial charge in [-0.1, -0.05) is 0 Å². The molecule has 0 radical (unpaired) electrons. The molecule has 50 heavy (non-hydrogen) atoms. The molecule has 7 heterocycles. The fourth-order valence-corrected chi connectivity index (χ4v) is 6.87. The Bertz CT molecular complexity index is 1820. The SMILES string of the molecule is Cc1cc(-c2ccn3nc(Nc4ccc(C(=O)NCC5CCOCC5)cn4)cc3c2)c(OC2C[C@H]3COC[C@@H](C2)N3C(=O)OC(C)(C)C)cn1. The van der Waals surface area contributed by atoms with Gasteiger partial charge in [-0.3, -0.25) is 14.7 Å². The van der Waals surface area contributed by atoms with Gasteiger partial charge in [0, 0.05) is 62.3 Å². The van der Waals surface area contributed by atoms with Crippen molar-refractivity contribution < 1.29 is 28.5 Å². The Labute approximate surface area is 291 Å². The van der Waals surface area contributed by atoms with E-state index in [1.165, 1.54) is 0 Å². The standard InChI is InChI=1S/C37H45N7O6/c1-23-13-31(32(20-38-23)49-30-15-28-21-48-22-29(16-30)44(28)36(46)50-37(2,3)4)25-7-10-43-27(14-25)17-34(42-43)41-33-6-5-26(19-39-33)35(45)40-18-24-8-11-47-12-9-24/h5-7,10,13-14,17,19-20,24,28-30H,8-9,11-12,15-16,18,21-22H2,1-4H3,(H,40,45)(H,39,41,42)/t28-,29+,30?. The Morgan fingerprint density at radius 2 is 1.74 bits per heavy atom. The van der Waals surface area contributed by atoms with E-state index in [4.69, 9.17) is 18.9 Å². The Hall–Kier alpha value is -4.75. The molecule has 2 bridgehead atoms. The molecule has 3 atom stereocenters. The van der Waals surface area contributed by atoms with Crippen LogP contribution in [0.2, 0.25) is 0 Å². The maximum Gasteiger partial charge on any atom is 0.410 e. The molecule has 2 N–H and O–H groups in total. The zero-order chi connectivity index (χ0) is 34.8. The van der Waals surface area contributed by atoms with Crippen LogP contribution in [0.1, 0.15) is 62.5 Å². The minimum Gasteiger partial charge on any atom is -0.488 e. The number of amides is 2. The van der Waals surface area contributed by atoms with Gasteiger partial charge >= 0.3 is 6.09 Å². The lowest BCUT2D eigenvalue weighted by atomic mass is 9.92. The van der Waals surface area contributed by atoms with E-state index in [2.05, 4.69) is 31.8 Å². The van der Waals surface area contributed by atoms with Gasteiger partial charge in [-0.2, -0.15) is 5.10 Å². The largest absolute Gasteiger partial charge is 0.488 e. The van der Waals surface area contributed by atoms with Crippen LogP contribution in [-0.4, -0.2) is 93.2 Å². The number of fused-ring (bicyclic) bond motifs is 3. The molecule has 13 heteroatoms. The van der Waals surface area contributed by atoms with Gasteiger partial charge in [-0.25, -0.2) is 14.3 Å². The molecule has 2 amide bonds. The molecule has 0 spiro atoms. The smallest absolute Gasteiger partial charge is 0.410 e. The number of anilines is 2. The first kappa shape index (κ1) is 33.7. The zero-order valence-electron chi connectivity index (χ0n) is 29.1. The van der Waals surface area contributed by atoms with Gasteiger partial charge in [0.2, 0.25) is 0 Å². The number of aromatic nitrogens is 4. The first-order chi connectivity index (χ1) is 24.1. The summed E-state index contributed by atoms with van der Waals surface area (Å²) in [6, 6.07) is 11.3. The summed E-state index contributed by atoms with van der Waals surface area (Å²) >= 11 is 0. The molecule has 3 saturated heterocycles. The summed E-state index contributed by atoms with van der Waals surface area (Å²) in [5.74, 6) is 2.22. The number of piperidine rings is 1. The third-order valence-electron chi connectivity index (χ3n) is 9.33. The molecule has 0 saturated carbocycles. The number of nitrogens with one attached hydrogen (secondary N) is 2. The topological polar surface area (TPSA) is 141 Å². The number of carbonyl (C=O) groups is 2. The van der Waals surface area contributed by atoms with Crippen molar-refractivity contribution in [3.05, 3.63) is 66.2 Å². The number of aryl methyl sites for hydroxylation is 1. The van der Waals surface area contributed by atoms with Gasteiger partial charge in [0.25, 0.3) is 5.91 Å². The number of nitrogens with zero attached hydrogens (tertiary/aromatic N) is 5. The lowest BCUT2D eigenvalue weighted by molar-refractivity contribution is -0.0993. The predicted octanol–water partition coefficient (Wildman–Crippen LogP) is 5.55. The van der Waals surface area contributed by atoms with Gasteiger partial charge in [-0.15, -0.1) is 0 Å². The van der Waals surface area contributed by atoms with Crippen LogP contribution in [0.4, 0.5) is 16.4 Å². The molecule has 0 aromatic carbocycles. The van der Waals surface area contributed by atoms with Crippen molar-refractivity contribution in [1.29, 1.82) is 0 Å². The zero-order valence-corrected chi connectivity index (χ0v) is 29.1. The highest BCUT2D eigenvalue weighted by Gasteiger charge is 2.44. The Balaban J connectivity index is 1.02. The van der Waals surface area contributed by atoms with Crippen LogP contribution in [0.15, 0.2) is 55.0 Å². The van der Waals surface area contributed by atoms with Crippen LogP contribution in [-0.2, 0) is 14.2 Å². The third kappa shape index (κ3) is 7.84. The lowest BCUT2D eigenvalue weighted by Crippen LogP contribution is -2.61. The molecule has 0 aliphatic carbocycles. The number of carbonyl (C=O) groups excluding carboxylic acids is 2. The first-order valence-corrected chi connectivity index (χ1v) is 17.4. The van der Waals surface area contributed by atoms with E-state index in [1.807, 2.05) is 57.0 Å². The molecule has 3 aliphatic heterocycles. The highest BCUT2D eigenvalue weighted by Crippen LogP contribution is 2.36. The fraction of sp³-hybridized carbons (Fsp3) is 0.486. The average Bonchev–Trinajstić information content (AvgIpc) is 3.49. The minimum absolute atomic E-state index is 0.109. The van der Waals surface area contributed by atoms with Crippen LogP contribution in [0.25, 0.3) is 16.6 Å². The number of ether oxygens (including phenoxy) is 4. The van der Waals surface area contributed by atoms with Gasteiger partial charge in [-0.05, 0) is 82.3 Å². The van der Waals surface area contributed by atoms with E-state index in [1.54, 1.807) is 29.0 Å². The third-order valence-corrected chi connectivity index (χ3v) is 9.33. The second kappa shape index (κ2) is 14.2. The number of morpholine rings is 1. The lowest BCUT2D eigenvalue weighted by Gasteiger charge is -2.48. The number of hydrogen-bond acceptors (Lipinski definition) is 10. The number of hydrogen-bond donors (Lipinski definition) is 2. The molecule has 264 valence electrons. The van der Waals surface area contributed by atoms with Gasteiger partial charge in [0.05, 0.1) is 42.6 Å². The van der Waals surface area contributed by atoms with E-state index < -0.39 is 5.60 Å². The van der Waals surface area contributed by atoms with E-state index in [9.17, 15) is 9.59 Å². The highest BCUT2D eigenvalue weighted by atomic mass is 16.6. The molecule has 7 rings (SSSR count). The van der Waals surface area contributed by atoms with Crippen molar-refractivity contribution in [3.8, 4) is 16.9 Å². The average molecular weight is 684 g/mol. The Kier molecular flexibility index (Phi) is 9.60. The van der Waals surface area contributed by atoms with Gasteiger partial charge < -0.3 is 29.6 Å². The van der Waals surface area contributed by atoms with Crippen molar-refractivity contribution >= 4 is 29.2 Å². The van der Waals surface area contributed by atoms with E-state index in [0.717, 1.165) is 48.4 Å². The quantitative estimate of drug-likeness (QED) is 0.243. The van der Waals surface area contributed by atoms with Crippen molar-refractivity contribution in [2.24, 2.45) is 5.92 Å². The molecule has 4 aromatic rings. The summed E-state index contributed by atoms with van der Waals surface area (Å²) < 4.78 is 25.4. The fourth-order valence-electron chi connectivity index (χ4n) is 6.87. The molecule has 13 nitrogen and oxygen atoms in total. The van der Waals surface area contributed by atoms with Crippen molar-refractivity contribution in [1.82, 2.24) is 29.8 Å². The normalized spacial score (nSPS) is 21.1. The van der Waals surface area contributed by atoms with Gasteiger partial charge in [0.15, 0.2) is 5.82 Å². The highest BCUT2D eigenvalue weighted by molar-refractivity contribution is 5.94. The molecule has 1 unspecified atom stereocenters. The molecule has 3 aliphatic rings. The minimum atomic E-state index is -0.568. The van der Waals surface area contributed by atoms with E-state index in [-0.39, 0.29) is 30.2 Å². The molecule has 4 aromatic heterocycles. The second-order valence-corrected chi connectivity index (χ2v) is 14.4. The summed E-state index contributed by atoms with van der Waals surface area (Å²) in [5.41, 5.74) is 3.60. The summed E-state index contributed by atoms with van der Waals surface area (Å²) in [6.45, 7) is 10.7. The Morgan fingerprint density at radius 3 is 2.46 bits per heavy atom. The molecule has 3 fully saturated rings. The summed E-state index contributed by atoms with van der Waals surface area (Å²) in [6.07, 6.45) is 8.06. The number of rotatable bonds is 8. The Morgan fingerprint density at radius 1 is 0.960 bits per heavy atom. The number of pyridine rings is 3. The summed E-state index contributed by atoms with van der Waals surface area (Å²) in [4.78, 5) is 36.5. The summed E-state index contributed by atoms with van der Waals surface area (Å²) in [5, 5.41) is 10.9. The second-order valence-electron chi connectivity index (χ2n) is 14.4. The van der Waals surface area contributed by atoms with E-state index >= 15 is 0 Å². The molecular formula is C37H45N7O6. The monoisotopic (exact) mass is 683 g/mol. The maximum atomic E-state index is 13.1. The van der Waals surface area contributed by atoms with Crippen LogP contribution >= 0.6 is 0 Å². The van der Waals surface area contributed by atoms with Crippen LogP contribution in [0.5, 0.6) is 5.75 Å². The maximum absolute atomic E-state index is 13.1. The molecular weight excluding hydrogens is 638 g/mol. The summed E-state index contributed by atoms with van der Waals surface area (Å²) in [7, 11) is 0. The van der Waals surface area contributed by atoms with Gasteiger partial charge in [0.1, 0.15) is 23.3 Å².